The van der Waals surface area contributed by atoms with E-state index in [1.54, 1.807) is 0 Å². The maximum Gasteiger partial charge on any atom is 0.416 e. The van der Waals surface area contributed by atoms with E-state index in [-0.39, 0.29) is 47.8 Å². The normalized spacial score (nSPS) is 26.0. The molecule has 2 aromatic rings. The molecule has 0 aliphatic carbocycles. The molecule has 0 aromatic heterocycles. The van der Waals surface area contributed by atoms with Gasteiger partial charge in [0.25, 0.3) is 5.91 Å². The zero-order valence-corrected chi connectivity index (χ0v) is 27.4. The minimum absolute atomic E-state index is 0.00969. The first-order chi connectivity index (χ1) is 24.4. The predicted octanol–water partition coefficient (Wildman–Crippen LogP) is 0.496. The molecule has 2 aromatic carbocycles. The summed E-state index contributed by atoms with van der Waals surface area (Å²) >= 11 is 0. The summed E-state index contributed by atoms with van der Waals surface area (Å²) in [6.07, 6.45) is -9.26. The number of hydrogen-bond acceptors (Lipinski definition) is 15. The van der Waals surface area contributed by atoms with E-state index in [0.29, 0.717) is 25.8 Å². The van der Waals surface area contributed by atoms with Crippen molar-refractivity contribution < 1.29 is 73.6 Å². The average Bonchev–Trinajstić information content (AvgIpc) is 3.20. The van der Waals surface area contributed by atoms with Gasteiger partial charge in [-0.25, -0.2) is 9.69 Å². The quantitative estimate of drug-likeness (QED) is 0.0989. The van der Waals surface area contributed by atoms with E-state index in [4.69, 9.17) is 28.8 Å². The number of nitro groups is 1. The Hall–Kier alpha value is -4.79. The van der Waals surface area contributed by atoms with E-state index in [2.05, 4.69) is 0 Å². The highest BCUT2D eigenvalue weighted by molar-refractivity contribution is 6.06. The number of carbonyl (C=O) groups excluding carboxylic acids is 2. The van der Waals surface area contributed by atoms with Crippen LogP contribution in [-0.2, 0) is 20.9 Å². The highest BCUT2D eigenvalue weighted by Gasteiger charge is 2.46. The van der Waals surface area contributed by atoms with E-state index >= 15 is 0 Å². The number of aliphatic hydroxyl groups is 5. The lowest BCUT2D eigenvalue weighted by Gasteiger charge is -2.39. The van der Waals surface area contributed by atoms with Crippen molar-refractivity contribution in [2.24, 2.45) is 0 Å². The Morgan fingerprint density at radius 2 is 1.80 bits per heavy atom. The van der Waals surface area contributed by atoms with Crippen molar-refractivity contribution in [3.8, 4) is 17.2 Å². The molecule has 0 radical (unpaired) electrons. The first-order valence-corrected chi connectivity index (χ1v) is 16.1. The number of anilines is 1. The SMILES string of the molecule is COc1cc2c(cc1OCCCC(=O)O)N(C(=O)OCc1ccc(O[C@@H]3O[C@H](CO)[C@@H](O)[C@H](O)[C@H]3O)c([N+](=O)[O-])c1)C(O)C1CCCCN1C2=O. The first-order valence-electron chi connectivity index (χ1n) is 16.1. The highest BCUT2D eigenvalue weighted by atomic mass is 16.7. The third kappa shape index (κ3) is 7.92. The Labute approximate surface area is 290 Å². The van der Waals surface area contributed by atoms with Gasteiger partial charge in [-0.05, 0) is 43.4 Å². The van der Waals surface area contributed by atoms with Crippen LogP contribution in [0, 0.1) is 10.1 Å². The van der Waals surface area contributed by atoms with Crippen molar-refractivity contribution >= 4 is 29.3 Å². The number of amides is 2. The molecule has 0 bridgehead atoms. The molecule has 278 valence electrons. The second kappa shape index (κ2) is 16.0. The molecular formula is C32H39N3O16. The molecule has 19 nitrogen and oxygen atoms in total. The minimum atomic E-state index is -1.83. The predicted molar refractivity (Wildman–Crippen MR) is 170 cm³/mol. The summed E-state index contributed by atoms with van der Waals surface area (Å²) in [6.45, 7) is -1.00. The molecule has 3 heterocycles. The van der Waals surface area contributed by atoms with Gasteiger partial charge in [0.15, 0.2) is 23.5 Å². The summed E-state index contributed by atoms with van der Waals surface area (Å²) in [5, 5.41) is 72.3. The van der Waals surface area contributed by atoms with Crippen molar-refractivity contribution in [3.05, 3.63) is 51.6 Å². The number of hydrogen-bond donors (Lipinski definition) is 6. The van der Waals surface area contributed by atoms with Crippen LogP contribution in [0.4, 0.5) is 16.2 Å². The molecule has 0 saturated carbocycles. The Morgan fingerprint density at radius 3 is 2.49 bits per heavy atom. The van der Waals surface area contributed by atoms with Crippen LogP contribution >= 0.6 is 0 Å². The summed E-state index contributed by atoms with van der Waals surface area (Å²) in [4.78, 5) is 52.1. The lowest BCUT2D eigenvalue weighted by Crippen LogP contribution is -2.60. The number of nitrogens with zero attached hydrogens (tertiary/aromatic N) is 3. The second-order valence-corrected chi connectivity index (χ2v) is 12.1. The fraction of sp³-hybridized carbons (Fsp3) is 0.531. The van der Waals surface area contributed by atoms with Crippen LogP contribution in [0.5, 0.6) is 17.2 Å². The van der Waals surface area contributed by atoms with Crippen molar-refractivity contribution in [1.82, 2.24) is 4.90 Å². The summed E-state index contributed by atoms with van der Waals surface area (Å²) in [7, 11) is 1.34. The van der Waals surface area contributed by atoms with Gasteiger partial charge >= 0.3 is 17.7 Å². The minimum Gasteiger partial charge on any atom is -0.493 e. The maximum absolute atomic E-state index is 13.8. The summed E-state index contributed by atoms with van der Waals surface area (Å²) in [5.41, 5.74) is -0.583. The number of benzene rings is 2. The van der Waals surface area contributed by atoms with Crippen LogP contribution in [0.25, 0.3) is 0 Å². The number of carboxylic acid groups (broad SMARTS) is 1. The van der Waals surface area contributed by atoms with Crippen molar-refractivity contribution in [1.29, 1.82) is 0 Å². The Morgan fingerprint density at radius 1 is 1.04 bits per heavy atom. The Balaban J connectivity index is 1.40. The molecular weight excluding hydrogens is 682 g/mol. The largest absolute Gasteiger partial charge is 0.493 e. The first kappa shape index (κ1) is 37.5. The van der Waals surface area contributed by atoms with E-state index in [0.717, 1.165) is 17.0 Å². The third-order valence-electron chi connectivity index (χ3n) is 8.85. The molecule has 2 unspecified atom stereocenters. The van der Waals surface area contributed by atoms with Gasteiger partial charge in [-0.1, -0.05) is 6.07 Å². The number of aliphatic hydroxyl groups excluding tert-OH is 5. The van der Waals surface area contributed by atoms with Gasteiger partial charge in [-0.3, -0.25) is 19.7 Å². The summed E-state index contributed by atoms with van der Waals surface area (Å²) < 4.78 is 27.4. The van der Waals surface area contributed by atoms with Gasteiger partial charge in [0.05, 0.1) is 42.5 Å². The zero-order chi connectivity index (χ0) is 37.0. The van der Waals surface area contributed by atoms with Gasteiger partial charge in [-0.2, -0.15) is 0 Å². The van der Waals surface area contributed by atoms with Gasteiger partial charge in [0, 0.05) is 25.1 Å². The number of piperidine rings is 1. The van der Waals surface area contributed by atoms with E-state index in [9.17, 15) is 50.0 Å². The monoisotopic (exact) mass is 721 g/mol. The molecule has 2 saturated heterocycles. The fourth-order valence-corrected chi connectivity index (χ4v) is 6.19. The Kier molecular flexibility index (Phi) is 11.8. The number of aliphatic carboxylic acids is 1. The van der Waals surface area contributed by atoms with Crippen molar-refractivity contribution in [3.63, 3.8) is 0 Å². The topological polar surface area (TPSA) is 268 Å². The van der Waals surface area contributed by atoms with Crippen LogP contribution in [0.3, 0.4) is 0 Å². The summed E-state index contributed by atoms with van der Waals surface area (Å²) in [5.74, 6) is -1.69. The van der Waals surface area contributed by atoms with Crippen LogP contribution in [0.15, 0.2) is 30.3 Å². The number of methoxy groups -OCH3 is 1. The van der Waals surface area contributed by atoms with Crippen molar-refractivity contribution in [2.75, 3.05) is 31.8 Å². The smallest absolute Gasteiger partial charge is 0.416 e. The zero-order valence-electron chi connectivity index (χ0n) is 27.4. The molecule has 3 aliphatic rings. The molecule has 5 rings (SSSR count). The lowest BCUT2D eigenvalue weighted by molar-refractivity contribution is -0.387. The third-order valence-corrected chi connectivity index (χ3v) is 8.85. The lowest BCUT2D eigenvalue weighted by atomic mass is 9.99. The van der Waals surface area contributed by atoms with Crippen LogP contribution in [-0.4, -0.2) is 128 Å². The highest BCUT2D eigenvalue weighted by Crippen LogP contribution is 2.41. The molecule has 7 atom stereocenters. The molecule has 2 amide bonds. The number of ether oxygens (including phenoxy) is 5. The molecule has 3 aliphatic heterocycles. The summed E-state index contributed by atoms with van der Waals surface area (Å²) in [6, 6.07) is 5.37. The van der Waals surface area contributed by atoms with Crippen LogP contribution in [0.1, 0.15) is 48.0 Å². The Bertz CT molecular complexity index is 1620. The number of fused-ring (bicyclic) bond motifs is 2. The maximum atomic E-state index is 13.8. The van der Waals surface area contributed by atoms with E-state index < -0.39 is 90.5 Å². The fourth-order valence-electron chi connectivity index (χ4n) is 6.19. The number of rotatable bonds is 12. The molecule has 2 fully saturated rings. The number of carboxylic acids is 1. The number of carbonyl (C=O) groups is 3. The molecule has 0 spiro atoms. The molecule has 51 heavy (non-hydrogen) atoms. The van der Waals surface area contributed by atoms with Gasteiger partial charge in [0.2, 0.25) is 6.29 Å². The van der Waals surface area contributed by atoms with Crippen LogP contribution in [0.2, 0.25) is 0 Å². The second-order valence-electron chi connectivity index (χ2n) is 12.1. The van der Waals surface area contributed by atoms with Crippen LogP contribution < -0.4 is 19.1 Å². The molecule has 6 N–H and O–H groups in total. The molecule has 19 heteroatoms. The van der Waals surface area contributed by atoms with E-state index in [1.807, 2.05) is 0 Å². The van der Waals surface area contributed by atoms with Crippen molar-refractivity contribution in [2.45, 2.75) is 81.7 Å². The van der Waals surface area contributed by atoms with E-state index in [1.165, 1.54) is 30.2 Å². The standard InChI is InChI=1S/C32H39N3O16/c1-47-22-12-17-19(13-23(22)48-10-4-6-25(37)38)34(30(43)18-5-2-3-9-33(18)29(17)42)32(44)49-15-16-7-8-21(20(11-16)35(45)46)50-31-28(41)27(40)26(39)24(14-36)51-31/h7-8,11-13,18,24,26-28,30-31,36,39-41,43H,2-6,9-10,14-15H2,1H3,(H,37,38)/t18?,24-,26-,27+,28-,30?,31-/m1/s1. The van der Waals surface area contributed by atoms with Gasteiger partial charge in [-0.15, -0.1) is 0 Å². The van der Waals surface area contributed by atoms with Gasteiger partial charge in [0.1, 0.15) is 31.0 Å². The average molecular weight is 722 g/mol. The van der Waals surface area contributed by atoms with Gasteiger partial charge < -0.3 is 59.2 Å². The number of nitro benzene ring substituents is 1.